The SMILES string of the molecule is CC(C)[C@H](CO)N1C(=O)CO[C@H](c2cccc(Cl)c2)[C@H]1c1ccc(Cl)cc1. The second-order valence-electron chi connectivity index (χ2n) is 7.08. The van der Waals surface area contributed by atoms with Gasteiger partial charge in [-0.05, 0) is 41.3 Å². The fourth-order valence-corrected chi connectivity index (χ4v) is 3.92. The van der Waals surface area contributed by atoms with Gasteiger partial charge in [-0.2, -0.15) is 0 Å². The van der Waals surface area contributed by atoms with Crippen LogP contribution in [-0.4, -0.2) is 35.2 Å². The maximum atomic E-state index is 12.8. The molecule has 6 heteroatoms. The molecule has 0 spiro atoms. The topological polar surface area (TPSA) is 49.8 Å². The van der Waals surface area contributed by atoms with Crippen LogP contribution in [0.4, 0.5) is 0 Å². The van der Waals surface area contributed by atoms with Crippen LogP contribution < -0.4 is 0 Å². The lowest BCUT2D eigenvalue weighted by molar-refractivity contribution is -0.166. The Balaban J connectivity index is 2.11. The molecule has 1 amide bonds. The first-order valence-corrected chi connectivity index (χ1v) is 9.72. The predicted molar refractivity (Wildman–Crippen MR) is 107 cm³/mol. The Morgan fingerprint density at radius 2 is 1.81 bits per heavy atom. The van der Waals surface area contributed by atoms with Crippen LogP contribution in [0.3, 0.4) is 0 Å². The summed E-state index contributed by atoms with van der Waals surface area (Å²) in [5.41, 5.74) is 1.79. The normalized spacial score (nSPS) is 21.6. The van der Waals surface area contributed by atoms with Crippen molar-refractivity contribution < 1.29 is 14.6 Å². The summed E-state index contributed by atoms with van der Waals surface area (Å²) >= 11 is 12.3. The number of hydrogen-bond acceptors (Lipinski definition) is 3. The fraction of sp³-hybridized carbons (Fsp3) is 0.381. The first kappa shape index (κ1) is 20.2. The number of carbonyl (C=O) groups is 1. The second-order valence-corrected chi connectivity index (χ2v) is 7.95. The zero-order chi connectivity index (χ0) is 19.6. The van der Waals surface area contributed by atoms with E-state index < -0.39 is 6.10 Å². The third-order valence-electron chi connectivity index (χ3n) is 4.96. The minimum Gasteiger partial charge on any atom is -0.394 e. The lowest BCUT2D eigenvalue weighted by atomic mass is 9.89. The number of carbonyl (C=O) groups excluding carboxylic acids is 1. The summed E-state index contributed by atoms with van der Waals surface area (Å²) in [4.78, 5) is 14.6. The van der Waals surface area contributed by atoms with E-state index in [0.717, 1.165) is 11.1 Å². The second kappa shape index (κ2) is 8.61. The Bertz CT molecular complexity index is 794. The predicted octanol–water partition coefficient (Wildman–Crippen LogP) is 4.65. The lowest BCUT2D eigenvalue weighted by Gasteiger charge is -2.46. The summed E-state index contributed by atoms with van der Waals surface area (Å²) in [6.45, 7) is 3.84. The maximum absolute atomic E-state index is 12.8. The van der Waals surface area contributed by atoms with E-state index in [4.69, 9.17) is 27.9 Å². The summed E-state index contributed by atoms with van der Waals surface area (Å²) in [5, 5.41) is 11.2. The minimum absolute atomic E-state index is 0.0372. The molecule has 1 heterocycles. The van der Waals surface area contributed by atoms with E-state index >= 15 is 0 Å². The number of nitrogens with zero attached hydrogens (tertiary/aromatic N) is 1. The van der Waals surface area contributed by atoms with Crippen LogP contribution >= 0.6 is 23.2 Å². The van der Waals surface area contributed by atoms with Gasteiger partial charge < -0.3 is 14.7 Å². The Hall–Kier alpha value is -1.59. The highest BCUT2D eigenvalue weighted by atomic mass is 35.5. The number of amides is 1. The average molecular weight is 408 g/mol. The summed E-state index contributed by atoms with van der Waals surface area (Å²) in [5.74, 6) is -0.0483. The number of halogens is 2. The van der Waals surface area contributed by atoms with E-state index in [1.54, 1.807) is 23.1 Å². The van der Waals surface area contributed by atoms with Crippen LogP contribution in [0.5, 0.6) is 0 Å². The first-order valence-electron chi connectivity index (χ1n) is 8.97. The molecule has 0 saturated carbocycles. The van der Waals surface area contributed by atoms with Crippen molar-refractivity contribution >= 4 is 29.1 Å². The summed E-state index contributed by atoms with van der Waals surface area (Å²) in [6.07, 6.45) is -0.393. The molecule has 1 N–H and O–H groups in total. The molecule has 3 atom stereocenters. The molecule has 1 fully saturated rings. The van der Waals surface area contributed by atoms with Gasteiger partial charge in [0, 0.05) is 10.0 Å². The molecule has 27 heavy (non-hydrogen) atoms. The van der Waals surface area contributed by atoms with Gasteiger partial charge in [0.1, 0.15) is 12.7 Å². The lowest BCUT2D eigenvalue weighted by Crippen LogP contribution is -2.53. The quantitative estimate of drug-likeness (QED) is 0.784. The van der Waals surface area contributed by atoms with Crippen LogP contribution in [-0.2, 0) is 9.53 Å². The molecule has 2 aromatic rings. The molecule has 0 bridgehead atoms. The van der Waals surface area contributed by atoms with Crippen LogP contribution in [0.25, 0.3) is 0 Å². The number of ether oxygens (including phenoxy) is 1. The zero-order valence-corrected chi connectivity index (χ0v) is 16.8. The van der Waals surface area contributed by atoms with Gasteiger partial charge in [-0.1, -0.05) is 61.3 Å². The number of aliphatic hydroxyl groups excluding tert-OH is 1. The van der Waals surface area contributed by atoms with Crippen molar-refractivity contribution in [1.29, 1.82) is 0 Å². The Morgan fingerprint density at radius 3 is 2.41 bits per heavy atom. The fourth-order valence-electron chi connectivity index (χ4n) is 3.60. The highest BCUT2D eigenvalue weighted by molar-refractivity contribution is 6.30. The van der Waals surface area contributed by atoms with Gasteiger partial charge in [-0.3, -0.25) is 4.79 Å². The van der Waals surface area contributed by atoms with Gasteiger partial charge in [-0.25, -0.2) is 0 Å². The molecule has 1 saturated heterocycles. The standard InChI is InChI=1S/C21H23Cl2NO3/c1-13(2)18(11-25)24-19(26)12-27-21(15-4-3-5-17(23)10-15)20(24)14-6-8-16(22)9-7-14/h3-10,13,18,20-21,25H,11-12H2,1-2H3/t18-,20+,21+/m0/s1. The molecule has 3 rings (SSSR count). The largest absolute Gasteiger partial charge is 0.394 e. The van der Waals surface area contributed by atoms with Crippen LogP contribution in [0.15, 0.2) is 48.5 Å². The molecule has 1 aliphatic heterocycles. The van der Waals surface area contributed by atoms with E-state index in [0.29, 0.717) is 10.0 Å². The molecule has 1 aliphatic rings. The molecule has 2 aromatic carbocycles. The van der Waals surface area contributed by atoms with Crippen molar-refractivity contribution in [2.45, 2.75) is 32.0 Å². The molecule has 0 radical (unpaired) electrons. The van der Waals surface area contributed by atoms with Crippen molar-refractivity contribution in [1.82, 2.24) is 4.90 Å². The minimum atomic E-state index is -0.393. The number of hydrogen-bond donors (Lipinski definition) is 1. The summed E-state index contributed by atoms with van der Waals surface area (Å²) in [6, 6.07) is 14.2. The van der Waals surface area contributed by atoms with E-state index in [9.17, 15) is 9.90 Å². The van der Waals surface area contributed by atoms with Gasteiger partial charge in [-0.15, -0.1) is 0 Å². The number of rotatable bonds is 5. The number of morpholine rings is 1. The number of benzene rings is 2. The van der Waals surface area contributed by atoms with Crippen LogP contribution in [0.1, 0.15) is 37.1 Å². The van der Waals surface area contributed by atoms with Crippen molar-refractivity contribution in [2.24, 2.45) is 5.92 Å². The highest BCUT2D eigenvalue weighted by Gasteiger charge is 2.42. The molecule has 144 valence electrons. The monoisotopic (exact) mass is 407 g/mol. The smallest absolute Gasteiger partial charge is 0.249 e. The van der Waals surface area contributed by atoms with E-state index in [1.165, 1.54) is 0 Å². The van der Waals surface area contributed by atoms with E-state index in [-0.39, 0.29) is 37.1 Å². The van der Waals surface area contributed by atoms with E-state index in [2.05, 4.69) is 0 Å². The summed E-state index contributed by atoms with van der Waals surface area (Å²) < 4.78 is 5.97. The van der Waals surface area contributed by atoms with Crippen molar-refractivity contribution in [3.63, 3.8) is 0 Å². The Labute approximate surface area is 169 Å². The van der Waals surface area contributed by atoms with Gasteiger partial charge in [0.2, 0.25) is 5.91 Å². The van der Waals surface area contributed by atoms with Gasteiger partial charge >= 0.3 is 0 Å². The zero-order valence-electron chi connectivity index (χ0n) is 15.3. The molecular formula is C21H23Cl2NO3. The molecule has 0 aliphatic carbocycles. The molecular weight excluding hydrogens is 385 g/mol. The third-order valence-corrected chi connectivity index (χ3v) is 5.45. The first-order chi connectivity index (χ1) is 12.9. The van der Waals surface area contributed by atoms with Crippen molar-refractivity contribution in [3.05, 3.63) is 69.7 Å². The van der Waals surface area contributed by atoms with Crippen molar-refractivity contribution in [2.75, 3.05) is 13.2 Å². The van der Waals surface area contributed by atoms with Gasteiger partial charge in [0.25, 0.3) is 0 Å². The summed E-state index contributed by atoms with van der Waals surface area (Å²) in [7, 11) is 0. The maximum Gasteiger partial charge on any atom is 0.249 e. The van der Waals surface area contributed by atoms with Crippen molar-refractivity contribution in [3.8, 4) is 0 Å². The van der Waals surface area contributed by atoms with E-state index in [1.807, 2.05) is 44.2 Å². The highest BCUT2D eigenvalue weighted by Crippen LogP contribution is 2.42. The van der Waals surface area contributed by atoms with Crippen LogP contribution in [0, 0.1) is 5.92 Å². The third kappa shape index (κ3) is 4.30. The molecule has 0 aromatic heterocycles. The molecule has 4 nitrogen and oxygen atoms in total. The molecule has 0 unspecified atom stereocenters. The van der Waals surface area contributed by atoms with Gasteiger partial charge in [0.05, 0.1) is 18.7 Å². The number of aliphatic hydroxyl groups is 1. The Kier molecular flexibility index (Phi) is 6.43. The average Bonchev–Trinajstić information content (AvgIpc) is 2.64. The van der Waals surface area contributed by atoms with Gasteiger partial charge in [0.15, 0.2) is 0 Å². The Morgan fingerprint density at radius 1 is 1.11 bits per heavy atom. The van der Waals surface area contributed by atoms with Crippen LogP contribution in [0.2, 0.25) is 10.0 Å².